The van der Waals surface area contributed by atoms with Crippen LogP contribution < -0.4 is 11.1 Å². The minimum absolute atomic E-state index is 0.256. The van der Waals surface area contributed by atoms with Crippen LogP contribution in [0.2, 0.25) is 0 Å². The predicted octanol–water partition coefficient (Wildman–Crippen LogP) is 2.51. The van der Waals surface area contributed by atoms with Crippen LogP contribution in [0.25, 0.3) is 0 Å². The smallest absolute Gasteiger partial charge is 0.222 e. The van der Waals surface area contributed by atoms with Crippen molar-refractivity contribution in [2.45, 2.75) is 0 Å². The number of benzene rings is 2. The molecule has 3 rings (SSSR count). The van der Waals surface area contributed by atoms with Crippen molar-refractivity contribution in [2.24, 2.45) is 15.7 Å². The SMILES string of the molecule is NC1=Nc2ccccc2NC(c2ccccc2)=N1. The molecule has 0 saturated heterocycles. The van der Waals surface area contributed by atoms with Gasteiger partial charge >= 0.3 is 0 Å². The zero-order chi connectivity index (χ0) is 12.4. The number of nitrogens with zero attached hydrogens (tertiary/aromatic N) is 2. The largest absolute Gasteiger partial charge is 0.368 e. The van der Waals surface area contributed by atoms with Crippen LogP contribution in [0.3, 0.4) is 0 Å². The zero-order valence-corrected chi connectivity index (χ0v) is 9.67. The van der Waals surface area contributed by atoms with Crippen LogP contribution in [0.4, 0.5) is 11.4 Å². The van der Waals surface area contributed by atoms with Crippen molar-refractivity contribution in [1.29, 1.82) is 0 Å². The maximum atomic E-state index is 5.80. The Labute approximate surface area is 105 Å². The predicted molar refractivity (Wildman–Crippen MR) is 74.3 cm³/mol. The molecule has 0 aromatic heterocycles. The molecule has 0 fully saturated rings. The molecule has 18 heavy (non-hydrogen) atoms. The molecular weight excluding hydrogens is 224 g/mol. The van der Waals surface area contributed by atoms with E-state index < -0.39 is 0 Å². The summed E-state index contributed by atoms with van der Waals surface area (Å²) >= 11 is 0. The Bertz CT molecular complexity index is 629. The fourth-order valence-corrected chi connectivity index (χ4v) is 1.83. The lowest BCUT2D eigenvalue weighted by Gasteiger charge is -2.08. The number of aliphatic imine (C=N–C) groups is 2. The van der Waals surface area contributed by atoms with Gasteiger partial charge in [-0.25, -0.2) is 4.99 Å². The Kier molecular flexibility index (Phi) is 2.53. The second-order valence-electron chi connectivity index (χ2n) is 3.94. The molecule has 0 unspecified atom stereocenters. The molecule has 0 spiro atoms. The maximum absolute atomic E-state index is 5.80. The van der Waals surface area contributed by atoms with Gasteiger partial charge in [-0.05, 0) is 12.1 Å². The average Bonchev–Trinajstić information content (AvgIpc) is 2.57. The van der Waals surface area contributed by atoms with Gasteiger partial charge in [0, 0.05) is 5.56 Å². The van der Waals surface area contributed by atoms with E-state index in [9.17, 15) is 0 Å². The van der Waals surface area contributed by atoms with Gasteiger partial charge in [0.15, 0.2) is 0 Å². The van der Waals surface area contributed by atoms with E-state index in [4.69, 9.17) is 5.73 Å². The van der Waals surface area contributed by atoms with Crippen molar-refractivity contribution in [2.75, 3.05) is 5.32 Å². The summed E-state index contributed by atoms with van der Waals surface area (Å²) in [6, 6.07) is 17.6. The number of amidine groups is 1. The third-order valence-corrected chi connectivity index (χ3v) is 2.67. The maximum Gasteiger partial charge on any atom is 0.222 e. The first-order chi connectivity index (χ1) is 8.83. The molecule has 4 nitrogen and oxygen atoms in total. The van der Waals surface area contributed by atoms with E-state index in [1.165, 1.54) is 0 Å². The molecular formula is C14H12N4. The highest BCUT2D eigenvalue weighted by molar-refractivity contribution is 6.15. The second kappa shape index (κ2) is 4.33. The third-order valence-electron chi connectivity index (χ3n) is 2.67. The summed E-state index contributed by atoms with van der Waals surface area (Å²) in [5.41, 5.74) is 8.48. The van der Waals surface area contributed by atoms with Crippen molar-refractivity contribution in [1.82, 2.24) is 0 Å². The van der Waals surface area contributed by atoms with Gasteiger partial charge in [-0.15, -0.1) is 0 Å². The summed E-state index contributed by atoms with van der Waals surface area (Å²) in [7, 11) is 0. The highest BCUT2D eigenvalue weighted by Crippen LogP contribution is 2.26. The molecule has 0 atom stereocenters. The van der Waals surface area contributed by atoms with Crippen molar-refractivity contribution in [3.63, 3.8) is 0 Å². The topological polar surface area (TPSA) is 62.8 Å². The standard InChI is InChI=1S/C14H12N4/c15-14-17-12-9-5-4-8-11(12)16-13(18-14)10-6-2-1-3-7-10/h1-9H,(H3,15,16,17,18). The Hall–Kier alpha value is -2.62. The molecule has 0 saturated carbocycles. The van der Waals surface area contributed by atoms with Gasteiger partial charge in [0.05, 0.1) is 11.4 Å². The number of nitrogens with one attached hydrogen (secondary N) is 1. The first-order valence-electron chi connectivity index (χ1n) is 5.67. The van der Waals surface area contributed by atoms with Gasteiger partial charge in [-0.2, -0.15) is 4.99 Å². The molecule has 0 amide bonds. The number of anilines is 1. The molecule has 1 heterocycles. The highest BCUT2D eigenvalue weighted by atomic mass is 15.1. The molecule has 0 radical (unpaired) electrons. The van der Waals surface area contributed by atoms with E-state index in [-0.39, 0.29) is 5.96 Å². The molecule has 2 aromatic rings. The van der Waals surface area contributed by atoms with Gasteiger partial charge in [0.2, 0.25) is 5.96 Å². The Morgan fingerprint density at radius 3 is 2.39 bits per heavy atom. The lowest BCUT2D eigenvalue weighted by atomic mass is 10.2. The van der Waals surface area contributed by atoms with Crippen LogP contribution in [0.5, 0.6) is 0 Å². The molecule has 88 valence electrons. The molecule has 4 heteroatoms. The minimum atomic E-state index is 0.256. The van der Waals surface area contributed by atoms with Crippen LogP contribution in [0.15, 0.2) is 64.6 Å². The average molecular weight is 236 g/mol. The normalized spacial score (nSPS) is 13.8. The van der Waals surface area contributed by atoms with E-state index in [1.54, 1.807) is 0 Å². The Morgan fingerprint density at radius 1 is 0.833 bits per heavy atom. The molecule has 1 aliphatic heterocycles. The lowest BCUT2D eigenvalue weighted by molar-refractivity contribution is 1.44. The van der Waals surface area contributed by atoms with Gasteiger partial charge in [-0.1, -0.05) is 42.5 Å². The lowest BCUT2D eigenvalue weighted by Crippen LogP contribution is -2.17. The van der Waals surface area contributed by atoms with Crippen LogP contribution in [0, 0.1) is 0 Å². The van der Waals surface area contributed by atoms with Gasteiger partial charge in [0.25, 0.3) is 0 Å². The molecule has 2 aromatic carbocycles. The number of hydrogen-bond acceptors (Lipinski definition) is 4. The van der Waals surface area contributed by atoms with Gasteiger partial charge < -0.3 is 11.1 Å². The summed E-state index contributed by atoms with van der Waals surface area (Å²) in [6.07, 6.45) is 0. The monoisotopic (exact) mass is 236 g/mol. The van der Waals surface area contributed by atoms with Crippen molar-refractivity contribution in [3.05, 3.63) is 60.2 Å². The summed E-state index contributed by atoms with van der Waals surface area (Å²) < 4.78 is 0. The Balaban J connectivity index is 2.08. The van der Waals surface area contributed by atoms with E-state index in [1.807, 2.05) is 54.6 Å². The highest BCUT2D eigenvalue weighted by Gasteiger charge is 2.11. The number of nitrogens with two attached hydrogens (primary N) is 1. The Morgan fingerprint density at radius 2 is 1.56 bits per heavy atom. The summed E-state index contributed by atoms with van der Waals surface area (Å²) in [4.78, 5) is 8.55. The first-order valence-corrected chi connectivity index (χ1v) is 5.67. The number of hydrogen-bond donors (Lipinski definition) is 2. The van der Waals surface area contributed by atoms with E-state index in [2.05, 4.69) is 15.3 Å². The third kappa shape index (κ3) is 1.96. The van der Waals surface area contributed by atoms with Crippen LogP contribution in [-0.4, -0.2) is 11.8 Å². The van der Waals surface area contributed by atoms with Crippen LogP contribution in [0.1, 0.15) is 5.56 Å². The van der Waals surface area contributed by atoms with Crippen LogP contribution >= 0.6 is 0 Å². The summed E-state index contributed by atoms with van der Waals surface area (Å²) in [6.45, 7) is 0. The van der Waals surface area contributed by atoms with E-state index in [0.29, 0.717) is 5.84 Å². The van der Waals surface area contributed by atoms with Crippen molar-refractivity contribution < 1.29 is 0 Å². The zero-order valence-electron chi connectivity index (χ0n) is 9.67. The molecule has 1 aliphatic rings. The minimum Gasteiger partial charge on any atom is -0.368 e. The van der Waals surface area contributed by atoms with Gasteiger partial charge in [-0.3, -0.25) is 0 Å². The fraction of sp³-hybridized carbons (Fsp3) is 0. The number of para-hydroxylation sites is 2. The first kappa shape index (κ1) is 10.5. The number of rotatable bonds is 1. The van der Waals surface area contributed by atoms with Crippen molar-refractivity contribution >= 4 is 23.2 Å². The summed E-state index contributed by atoms with van der Waals surface area (Å²) in [5, 5.41) is 3.26. The molecule has 0 bridgehead atoms. The summed E-state index contributed by atoms with van der Waals surface area (Å²) in [5.74, 6) is 0.966. The van der Waals surface area contributed by atoms with E-state index in [0.717, 1.165) is 16.9 Å². The number of fused-ring (bicyclic) bond motifs is 1. The van der Waals surface area contributed by atoms with Crippen LogP contribution in [-0.2, 0) is 0 Å². The molecule has 0 aliphatic carbocycles. The second-order valence-corrected chi connectivity index (χ2v) is 3.94. The molecule has 3 N–H and O–H groups in total. The number of guanidine groups is 1. The van der Waals surface area contributed by atoms with E-state index >= 15 is 0 Å². The quantitative estimate of drug-likeness (QED) is 0.799. The fourth-order valence-electron chi connectivity index (χ4n) is 1.83. The van der Waals surface area contributed by atoms with Gasteiger partial charge in [0.1, 0.15) is 5.84 Å². The van der Waals surface area contributed by atoms with Crippen molar-refractivity contribution in [3.8, 4) is 0 Å².